The molecular weight excluding hydrogens is 242 g/mol. The van der Waals surface area contributed by atoms with E-state index in [-0.39, 0.29) is 12.5 Å². The molecule has 0 aromatic heterocycles. The molecule has 0 amide bonds. The van der Waals surface area contributed by atoms with Crippen molar-refractivity contribution in [1.82, 2.24) is 4.90 Å². The number of carboxylic acid groups (broad SMARTS) is 1. The number of ether oxygens (including phenoxy) is 1. The summed E-state index contributed by atoms with van der Waals surface area (Å²) in [5, 5.41) is 8.82. The molecule has 2 aliphatic rings. The van der Waals surface area contributed by atoms with Gasteiger partial charge in [0.1, 0.15) is 5.72 Å². The largest absolute Gasteiger partial charge is 0.481 e. The van der Waals surface area contributed by atoms with Crippen molar-refractivity contribution in [2.75, 3.05) is 6.54 Å². The van der Waals surface area contributed by atoms with E-state index < -0.39 is 11.7 Å². The summed E-state index contributed by atoms with van der Waals surface area (Å²) in [7, 11) is 0. The first-order valence-electron chi connectivity index (χ1n) is 6.85. The van der Waals surface area contributed by atoms with E-state index in [1.807, 2.05) is 18.2 Å². The van der Waals surface area contributed by atoms with Crippen molar-refractivity contribution in [3.63, 3.8) is 0 Å². The van der Waals surface area contributed by atoms with E-state index in [0.717, 1.165) is 18.5 Å². The first-order valence-corrected chi connectivity index (χ1v) is 6.85. The van der Waals surface area contributed by atoms with Crippen molar-refractivity contribution in [1.29, 1.82) is 0 Å². The molecule has 0 bridgehead atoms. The second-order valence-corrected chi connectivity index (χ2v) is 5.44. The molecule has 2 saturated heterocycles. The third-order valence-corrected chi connectivity index (χ3v) is 4.17. The molecule has 0 aliphatic carbocycles. The van der Waals surface area contributed by atoms with Crippen LogP contribution in [0.5, 0.6) is 0 Å². The van der Waals surface area contributed by atoms with Crippen LogP contribution in [0, 0.1) is 0 Å². The van der Waals surface area contributed by atoms with Crippen molar-refractivity contribution in [3.05, 3.63) is 35.9 Å². The Hall–Kier alpha value is -1.39. The maximum atomic E-state index is 10.7. The highest BCUT2D eigenvalue weighted by atomic mass is 16.5. The van der Waals surface area contributed by atoms with Crippen molar-refractivity contribution in [3.8, 4) is 0 Å². The third kappa shape index (κ3) is 2.15. The van der Waals surface area contributed by atoms with Gasteiger partial charge >= 0.3 is 5.97 Å². The minimum atomic E-state index is -0.739. The molecule has 2 unspecified atom stereocenters. The van der Waals surface area contributed by atoms with Crippen molar-refractivity contribution in [2.45, 2.75) is 44.1 Å². The maximum absolute atomic E-state index is 10.7. The number of hydrogen-bond acceptors (Lipinski definition) is 3. The monoisotopic (exact) mass is 261 g/mol. The predicted molar refractivity (Wildman–Crippen MR) is 70.6 cm³/mol. The average molecular weight is 261 g/mol. The van der Waals surface area contributed by atoms with Gasteiger partial charge in [-0.1, -0.05) is 30.3 Å². The van der Waals surface area contributed by atoms with Crippen LogP contribution in [0.3, 0.4) is 0 Å². The molecule has 1 N–H and O–H groups in total. The minimum Gasteiger partial charge on any atom is -0.481 e. The summed E-state index contributed by atoms with van der Waals surface area (Å²) in [6.45, 7) is 3.16. The van der Waals surface area contributed by atoms with E-state index in [1.165, 1.54) is 0 Å². The molecule has 1 aromatic carbocycles. The molecule has 4 nitrogen and oxygen atoms in total. The molecule has 102 valence electrons. The van der Waals surface area contributed by atoms with Crippen molar-refractivity contribution >= 4 is 5.97 Å². The van der Waals surface area contributed by atoms with E-state index in [0.29, 0.717) is 12.5 Å². The summed E-state index contributed by atoms with van der Waals surface area (Å²) in [5.74, 6) is -0.739. The molecule has 19 heavy (non-hydrogen) atoms. The Morgan fingerprint density at radius 3 is 2.74 bits per heavy atom. The average Bonchev–Trinajstić information content (AvgIpc) is 3.14. The Kier molecular flexibility index (Phi) is 3.07. The first kappa shape index (κ1) is 12.6. The fourth-order valence-electron chi connectivity index (χ4n) is 3.18. The van der Waals surface area contributed by atoms with Gasteiger partial charge in [-0.2, -0.15) is 0 Å². The normalized spacial score (nSPS) is 35.9. The smallest absolute Gasteiger partial charge is 0.303 e. The van der Waals surface area contributed by atoms with Crippen molar-refractivity contribution < 1.29 is 14.6 Å². The second-order valence-electron chi connectivity index (χ2n) is 5.44. The van der Waals surface area contributed by atoms with Crippen LogP contribution < -0.4 is 0 Å². The second kappa shape index (κ2) is 4.62. The summed E-state index contributed by atoms with van der Waals surface area (Å²) >= 11 is 0. The zero-order valence-corrected chi connectivity index (χ0v) is 11.1. The van der Waals surface area contributed by atoms with Gasteiger partial charge in [-0.3, -0.25) is 9.69 Å². The van der Waals surface area contributed by atoms with E-state index >= 15 is 0 Å². The highest BCUT2D eigenvalue weighted by Gasteiger charge is 2.60. The van der Waals surface area contributed by atoms with Crippen LogP contribution >= 0.6 is 0 Å². The fraction of sp³-hybridized carbons (Fsp3) is 0.533. The number of carbonyl (C=O) groups is 1. The minimum absolute atomic E-state index is 0.199. The van der Waals surface area contributed by atoms with Gasteiger partial charge in [0, 0.05) is 13.0 Å². The van der Waals surface area contributed by atoms with Gasteiger partial charge in [-0.15, -0.1) is 0 Å². The molecule has 3 rings (SSSR count). The SMILES string of the molecule is C[C@H]1O[C@](CCCC(=O)O)(c2ccccc2)N2CC12. The Morgan fingerprint density at radius 1 is 1.47 bits per heavy atom. The standard InChI is InChI=1S/C15H19NO3/c1-11-13-10-16(13)15(19-11,9-5-8-14(17)18)12-6-3-2-4-7-12/h2-4,6-7,11,13H,5,8-10H2,1H3,(H,17,18)/t11-,13?,15-,16?/m1/s1. The predicted octanol–water partition coefficient (Wildman–Crippen LogP) is 2.20. The van der Waals surface area contributed by atoms with Gasteiger partial charge in [0.15, 0.2) is 0 Å². The highest BCUT2D eigenvalue weighted by Crippen LogP contribution is 2.51. The van der Waals surface area contributed by atoms with Crippen LogP contribution in [0.2, 0.25) is 0 Å². The van der Waals surface area contributed by atoms with Crippen LogP contribution in [0.4, 0.5) is 0 Å². The lowest BCUT2D eigenvalue weighted by Gasteiger charge is -2.33. The van der Waals surface area contributed by atoms with Crippen LogP contribution in [-0.2, 0) is 15.3 Å². The van der Waals surface area contributed by atoms with Crippen LogP contribution in [0.1, 0.15) is 31.7 Å². The lowest BCUT2D eigenvalue weighted by molar-refractivity contribution is -0.138. The third-order valence-electron chi connectivity index (χ3n) is 4.17. The Labute approximate surface area is 113 Å². The lowest BCUT2D eigenvalue weighted by Crippen LogP contribution is -2.35. The lowest BCUT2D eigenvalue weighted by atomic mass is 9.96. The molecule has 4 heteroatoms. The van der Waals surface area contributed by atoms with E-state index in [9.17, 15) is 4.79 Å². The van der Waals surface area contributed by atoms with Crippen LogP contribution in [0.25, 0.3) is 0 Å². The van der Waals surface area contributed by atoms with Gasteiger partial charge in [0.2, 0.25) is 0 Å². The molecule has 2 fully saturated rings. The van der Waals surface area contributed by atoms with Crippen LogP contribution in [-0.4, -0.2) is 34.7 Å². The molecule has 2 aliphatic heterocycles. The topological polar surface area (TPSA) is 49.5 Å². The molecule has 0 radical (unpaired) electrons. The molecule has 0 saturated carbocycles. The number of benzene rings is 1. The Bertz CT molecular complexity index is 476. The summed E-state index contributed by atoms with van der Waals surface area (Å²) < 4.78 is 6.21. The van der Waals surface area contributed by atoms with E-state index in [2.05, 4.69) is 24.0 Å². The first-order chi connectivity index (χ1) is 9.13. The van der Waals surface area contributed by atoms with Gasteiger partial charge in [-0.05, 0) is 25.3 Å². The quantitative estimate of drug-likeness (QED) is 0.825. The highest BCUT2D eigenvalue weighted by molar-refractivity contribution is 5.66. The Morgan fingerprint density at radius 2 is 2.21 bits per heavy atom. The van der Waals surface area contributed by atoms with Gasteiger partial charge in [-0.25, -0.2) is 0 Å². The van der Waals surface area contributed by atoms with Crippen molar-refractivity contribution in [2.24, 2.45) is 0 Å². The summed E-state index contributed by atoms with van der Waals surface area (Å²) in [4.78, 5) is 13.1. The van der Waals surface area contributed by atoms with Gasteiger partial charge in [0.25, 0.3) is 0 Å². The number of nitrogens with zero attached hydrogens (tertiary/aromatic N) is 1. The number of hydrogen-bond donors (Lipinski definition) is 1. The number of fused-ring (bicyclic) bond motifs is 1. The summed E-state index contributed by atoms with van der Waals surface area (Å²) in [6, 6.07) is 10.7. The molecule has 0 spiro atoms. The number of aliphatic carboxylic acids is 1. The Balaban J connectivity index is 1.83. The van der Waals surface area contributed by atoms with Gasteiger partial charge < -0.3 is 9.84 Å². The van der Waals surface area contributed by atoms with Gasteiger partial charge in [0.05, 0.1) is 12.1 Å². The summed E-state index contributed by atoms with van der Waals surface area (Å²) in [5.41, 5.74) is 0.744. The zero-order chi connectivity index (χ0) is 13.5. The van der Waals surface area contributed by atoms with Crippen LogP contribution in [0.15, 0.2) is 30.3 Å². The molecular formula is C15H19NO3. The summed E-state index contributed by atoms with van der Waals surface area (Å²) in [6.07, 6.45) is 1.81. The molecule has 4 atom stereocenters. The number of rotatable bonds is 5. The fourth-order valence-corrected chi connectivity index (χ4v) is 3.18. The molecule has 1 aromatic rings. The van der Waals surface area contributed by atoms with E-state index in [4.69, 9.17) is 9.84 Å². The zero-order valence-electron chi connectivity index (χ0n) is 11.1. The maximum Gasteiger partial charge on any atom is 0.303 e. The van der Waals surface area contributed by atoms with E-state index in [1.54, 1.807) is 0 Å². The number of carboxylic acids is 1. The molecule has 2 heterocycles.